The van der Waals surface area contributed by atoms with Crippen LogP contribution < -0.4 is 0 Å². The third-order valence-corrected chi connectivity index (χ3v) is 2.44. The summed E-state index contributed by atoms with van der Waals surface area (Å²) in [4.78, 5) is 8.24. The molecule has 0 aliphatic carbocycles. The molecule has 0 unspecified atom stereocenters. The first-order valence-electron chi connectivity index (χ1n) is 4.96. The molecule has 0 spiro atoms. The van der Waals surface area contributed by atoms with Gasteiger partial charge in [0.15, 0.2) is 5.82 Å². The first-order valence-corrected chi connectivity index (χ1v) is 5.34. The second kappa shape index (κ2) is 4.75. The average molecular weight is 255 g/mol. The number of halogens is 3. The summed E-state index contributed by atoms with van der Waals surface area (Å²) in [6, 6.07) is 7.48. The molecule has 88 valence electrons. The van der Waals surface area contributed by atoms with Crippen LogP contribution in [-0.2, 0) is 0 Å². The highest BCUT2D eigenvalue weighted by atomic mass is 35.5. The van der Waals surface area contributed by atoms with Crippen LogP contribution in [0, 0.1) is 6.92 Å². The number of hydrogen-bond acceptors (Lipinski definition) is 2. The van der Waals surface area contributed by atoms with Gasteiger partial charge in [-0.05, 0) is 13.0 Å². The van der Waals surface area contributed by atoms with E-state index in [4.69, 9.17) is 11.6 Å². The van der Waals surface area contributed by atoms with E-state index < -0.39 is 6.43 Å². The first kappa shape index (κ1) is 11.9. The third kappa shape index (κ3) is 2.77. The number of benzene rings is 1. The molecule has 2 nitrogen and oxygen atoms in total. The van der Waals surface area contributed by atoms with Gasteiger partial charge in [-0.2, -0.15) is 0 Å². The molecule has 0 amide bonds. The van der Waals surface area contributed by atoms with Crippen LogP contribution in [0.25, 0.3) is 11.4 Å². The Balaban J connectivity index is 2.39. The van der Waals surface area contributed by atoms with E-state index in [1.807, 2.05) is 0 Å². The van der Waals surface area contributed by atoms with Gasteiger partial charge >= 0.3 is 0 Å². The molecule has 1 heterocycles. The van der Waals surface area contributed by atoms with Gasteiger partial charge in [0.05, 0.1) is 0 Å². The lowest BCUT2D eigenvalue weighted by atomic mass is 10.1. The highest BCUT2D eigenvalue weighted by molar-refractivity contribution is 6.29. The zero-order chi connectivity index (χ0) is 12.4. The van der Waals surface area contributed by atoms with Crippen molar-refractivity contribution in [2.24, 2.45) is 0 Å². The van der Waals surface area contributed by atoms with Gasteiger partial charge in [-0.25, -0.2) is 18.7 Å². The minimum Gasteiger partial charge on any atom is -0.233 e. The van der Waals surface area contributed by atoms with Crippen molar-refractivity contribution in [2.75, 3.05) is 0 Å². The van der Waals surface area contributed by atoms with Crippen LogP contribution in [-0.4, -0.2) is 9.97 Å². The Morgan fingerprint density at radius 2 is 1.76 bits per heavy atom. The number of rotatable bonds is 2. The number of alkyl halides is 2. The Labute approximate surface area is 102 Å². The van der Waals surface area contributed by atoms with Crippen LogP contribution in [0.15, 0.2) is 30.3 Å². The Morgan fingerprint density at radius 1 is 1.12 bits per heavy atom. The summed E-state index contributed by atoms with van der Waals surface area (Å²) in [6.07, 6.45) is -2.47. The van der Waals surface area contributed by atoms with E-state index in [1.165, 1.54) is 12.1 Å². The summed E-state index contributed by atoms with van der Waals surface area (Å²) in [6.45, 7) is 1.80. The summed E-state index contributed by atoms with van der Waals surface area (Å²) in [7, 11) is 0. The van der Waals surface area contributed by atoms with E-state index in [1.54, 1.807) is 25.1 Å². The summed E-state index contributed by atoms with van der Waals surface area (Å²) in [5.41, 5.74) is 1.38. The fourth-order valence-corrected chi connectivity index (χ4v) is 1.67. The lowest BCUT2D eigenvalue weighted by molar-refractivity contribution is 0.151. The van der Waals surface area contributed by atoms with Crippen LogP contribution >= 0.6 is 11.6 Å². The minimum atomic E-state index is -2.47. The van der Waals surface area contributed by atoms with Gasteiger partial charge in [0, 0.05) is 16.8 Å². The number of nitrogens with zero attached hydrogens (tertiary/aromatic N) is 2. The lowest BCUT2D eigenvalue weighted by Gasteiger charge is -2.04. The van der Waals surface area contributed by atoms with E-state index >= 15 is 0 Å². The molecule has 0 saturated carbocycles. The molecule has 0 atom stereocenters. The Kier molecular flexibility index (Phi) is 3.33. The average Bonchev–Trinajstić information content (AvgIpc) is 2.28. The van der Waals surface area contributed by atoms with Gasteiger partial charge < -0.3 is 0 Å². The molecule has 0 radical (unpaired) electrons. The van der Waals surface area contributed by atoms with Crippen molar-refractivity contribution in [3.63, 3.8) is 0 Å². The van der Waals surface area contributed by atoms with Crippen molar-refractivity contribution in [3.05, 3.63) is 46.7 Å². The second-order valence-electron chi connectivity index (χ2n) is 3.58. The topological polar surface area (TPSA) is 25.8 Å². The second-order valence-corrected chi connectivity index (χ2v) is 3.97. The predicted octanol–water partition coefficient (Wildman–Crippen LogP) is 4.04. The fraction of sp³-hybridized carbons (Fsp3) is 0.167. The largest absolute Gasteiger partial charge is 0.263 e. The summed E-state index contributed by atoms with van der Waals surface area (Å²) < 4.78 is 24.8. The van der Waals surface area contributed by atoms with Crippen LogP contribution in [0.3, 0.4) is 0 Å². The van der Waals surface area contributed by atoms with Crippen molar-refractivity contribution < 1.29 is 8.78 Å². The van der Waals surface area contributed by atoms with Crippen molar-refractivity contribution in [1.82, 2.24) is 9.97 Å². The Hall–Kier alpha value is -1.55. The van der Waals surface area contributed by atoms with Gasteiger partial charge in [-0.3, -0.25) is 0 Å². The zero-order valence-electron chi connectivity index (χ0n) is 8.99. The summed E-state index contributed by atoms with van der Waals surface area (Å²) in [5, 5.41) is 0.338. The van der Waals surface area contributed by atoms with Gasteiger partial charge in [0.2, 0.25) is 0 Å². The quantitative estimate of drug-likeness (QED) is 0.756. The molecule has 0 aliphatic rings. The molecule has 0 bridgehead atoms. The van der Waals surface area contributed by atoms with Crippen LogP contribution in [0.5, 0.6) is 0 Å². The molecule has 5 heteroatoms. The number of aromatic nitrogens is 2. The maximum absolute atomic E-state index is 12.4. The van der Waals surface area contributed by atoms with Gasteiger partial charge in [-0.15, -0.1) is 0 Å². The molecule has 0 aliphatic heterocycles. The summed E-state index contributed by atoms with van der Waals surface area (Å²) >= 11 is 5.81. The Morgan fingerprint density at radius 3 is 2.29 bits per heavy atom. The SMILES string of the molecule is Cc1cc(Cl)nc(-c2ccc(C(F)F)cc2)n1. The zero-order valence-corrected chi connectivity index (χ0v) is 9.75. The van der Waals surface area contributed by atoms with Crippen LogP contribution in [0.4, 0.5) is 8.78 Å². The standard InChI is InChI=1S/C12H9ClF2N2/c1-7-6-10(13)17-12(16-7)9-4-2-8(3-5-9)11(14)15/h2-6,11H,1H3. The predicted molar refractivity (Wildman–Crippen MR) is 62.2 cm³/mol. The van der Waals surface area contributed by atoms with Gasteiger partial charge in [-0.1, -0.05) is 35.9 Å². The number of aryl methyl sites for hydroxylation is 1. The van der Waals surface area contributed by atoms with E-state index in [9.17, 15) is 8.78 Å². The maximum Gasteiger partial charge on any atom is 0.263 e. The monoisotopic (exact) mass is 254 g/mol. The molecule has 17 heavy (non-hydrogen) atoms. The smallest absolute Gasteiger partial charge is 0.233 e. The molecule has 0 fully saturated rings. The fourth-order valence-electron chi connectivity index (χ4n) is 1.44. The Bertz CT molecular complexity index is 506. The van der Waals surface area contributed by atoms with E-state index in [0.717, 1.165) is 5.69 Å². The van der Waals surface area contributed by atoms with E-state index in [0.29, 0.717) is 16.5 Å². The van der Waals surface area contributed by atoms with Crippen molar-refractivity contribution >= 4 is 11.6 Å². The van der Waals surface area contributed by atoms with E-state index in [-0.39, 0.29) is 5.56 Å². The normalized spacial score (nSPS) is 10.9. The molecule has 1 aromatic heterocycles. The van der Waals surface area contributed by atoms with Crippen LogP contribution in [0.2, 0.25) is 5.15 Å². The maximum atomic E-state index is 12.4. The molecule has 2 rings (SSSR count). The number of hydrogen-bond donors (Lipinski definition) is 0. The van der Waals surface area contributed by atoms with Crippen LogP contribution in [0.1, 0.15) is 17.7 Å². The van der Waals surface area contributed by atoms with Gasteiger partial charge in [0.1, 0.15) is 5.15 Å². The van der Waals surface area contributed by atoms with E-state index in [2.05, 4.69) is 9.97 Å². The molecule has 2 aromatic rings. The first-order chi connectivity index (χ1) is 8.06. The van der Waals surface area contributed by atoms with Crippen molar-refractivity contribution in [3.8, 4) is 11.4 Å². The molecule has 1 aromatic carbocycles. The molecule has 0 N–H and O–H groups in total. The highest BCUT2D eigenvalue weighted by Gasteiger charge is 2.08. The molecular formula is C12H9ClF2N2. The van der Waals surface area contributed by atoms with Gasteiger partial charge in [0.25, 0.3) is 6.43 Å². The lowest BCUT2D eigenvalue weighted by Crippen LogP contribution is -1.92. The minimum absolute atomic E-state index is 0.0208. The third-order valence-electron chi connectivity index (χ3n) is 2.24. The summed E-state index contributed by atoms with van der Waals surface area (Å²) in [5.74, 6) is 0.441. The highest BCUT2D eigenvalue weighted by Crippen LogP contribution is 2.23. The molecular weight excluding hydrogens is 246 g/mol. The van der Waals surface area contributed by atoms with Crippen molar-refractivity contribution in [2.45, 2.75) is 13.3 Å². The molecule has 0 saturated heterocycles. The van der Waals surface area contributed by atoms with Crippen molar-refractivity contribution in [1.29, 1.82) is 0 Å².